The predicted molar refractivity (Wildman–Crippen MR) is 74.0 cm³/mol. The summed E-state index contributed by atoms with van der Waals surface area (Å²) in [5.74, 6) is -0.161. The minimum absolute atomic E-state index is 0.00188. The van der Waals surface area contributed by atoms with Gasteiger partial charge in [-0.05, 0) is 43.9 Å². The van der Waals surface area contributed by atoms with E-state index in [2.05, 4.69) is 0 Å². The van der Waals surface area contributed by atoms with E-state index in [4.69, 9.17) is 10.7 Å². The average molecular weight is 302 g/mol. The minimum Gasteiger partial charge on any atom is -0.339 e. The molecule has 19 heavy (non-hydrogen) atoms. The zero-order valence-corrected chi connectivity index (χ0v) is 12.5. The van der Waals surface area contributed by atoms with Crippen LogP contribution in [0.15, 0.2) is 23.1 Å². The van der Waals surface area contributed by atoms with Gasteiger partial charge in [-0.2, -0.15) is 0 Å². The van der Waals surface area contributed by atoms with Gasteiger partial charge in [-0.1, -0.05) is 6.07 Å². The Morgan fingerprint density at radius 3 is 2.47 bits per heavy atom. The summed E-state index contributed by atoms with van der Waals surface area (Å²) in [5.41, 5.74) is 0.900. The molecule has 0 bridgehead atoms. The number of aryl methyl sites for hydroxylation is 1. The first-order chi connectivity index (χ1) is 8.80. The van der Waals surface area contributed by atoms with Gasteiger partial charge < -0.3 is 4.90 Å². The van der Waals surface area contributed by atoms with Crippen LogP contribution < -0.4 is 0 Å². The van der Waals surface area contributed by atoms with E-state index in [9.17, 15) is 13.2 Å². The van der Waals surface area contributed by atoms with E-state index in [1.54, 1.807) is 31.0 Å². The Morgan fingerprint density at radius 1 is 1.37 bits per heavy atom. The lowest BCUT2D eigenvalue weighted by atomic mass is 9.91. The first-order valence-corrected chi connectivity index (χ1v) is 8.44. The molecule has 0 spiro atoms. The fourth-order valence-corrected chi connectivity index (χ4v) is 3.36. The second-order valence-corrected chi connectivity index (χ2v) is 7.45. The van der Waals surface area contributed by atoms with Crippen molar-refractivity contribution in [3.63, 3.8) is 0 Å². The summed E-state index contributed by atoms with van der Waals surface area (Å²) in [6.07, 6.45) is 3.15. The Labute approximate surface area is 117 Å². The van der Waals surface area contributed by atoms with Crippen LogP contribution in [0.1, 0.15) is 35.2 Å². The average Bonchev–Trinajstić information content (AvgIpc) is 2.24. The summed E-state index contributed by atoms with van der Waals surface area (Å²) in [6, 6.07) is 4.87. The van der Waals surface area contributed by atoms with E-state index in [1.165, 1.54) is 6.07 Å². The molecule has 0 aromatic heterocycles. The van der Waals surface area contributed by atoms with E-state index >= 15 is 0 Å². The molecule has 0 saturated heterocycles. The maximum Gasteiger partial charge on any atom is 0.261 e. The molecule has 0 aliphatic heterocycles. The lowest BCUT2D eigenvalue weighted by Gasteiger charge is -2.34. The van der Waals surface area contributed by atoms with Crippen molar-refractivity contribution in [3.05, 3.63) is 29.3 Å². The van der Waals surface area contributed by atoms with Crippen LogP contribution in [0.3, 0.4) is 0 Å². The molecule has 4 nitrogen and oxygen atoms in total. The highest BCUT2D eigenvalue weighted by Crippen LogP contribution is 2.26. The van der Waals surface area contributed by atoms with Crippen LogP contribution in [0.4, 0.5) is 0 Å². The molecule has 0 unspecified atom stereocenters. The molecule has 0 radical (unpaired) electrons. The Balaban J connectivity index is 2.33. The van der Waals surface area contributed by atoms with Crippen molar-refractivity contribution in [1.29, 1.82) is 0 Å². The number of halogens is 1. The molecular weight excluding hydrogens is 286 g/mol. The van der Waals surface area contributed by atoms with Crippen molar-refractivity contribution >= 4 is 25.6 Å². The van der Waals surface area contributed by atoms with Crippen molar-refractivity contribution in [3.8, 4) is 0 Å². The Hall–Kier alpha value is -1.07. The van der Waals surface area contributed by atoms with Gasteiger partial charge in [-0.3, -0.25) is 4.79 Å². The number of hydrogen-bond donors (Lipinski definition) is 0. The Morgan fingerprint density at radius 2 is 2.00 bits per heavy atom. The smallest absolute Gasteiger partial charge is 0.261 e. The highest BCUT2D eigenvalue weighted by atomic mass is 35.7. The van der Waals surface area contributed by atoms with Crippen LogP contribution in [0.5, 0.6) is 0 Å². The summed E-state index contributed by atoms with van der Waals surface area (Å²) >= 11 is 0. The van der Waals surface area contributed by atoms with E-state index in [0.717, 1.165) is 19.3 Å². The lowest BCUT2D eigenvalue weighted by molar-refractivity contribution is 0.0652. The molecule has 1 aliphatic rings. The van der Waals surface area contributed by atoms with E-state index < -0.39 is 9.05 Å². The van der Waals surface area contributed by atoms with Gasteiger partial charge in [0, 0.05) is 29.3 Å². The molecule has 6 heteroatoms. The van der Waals surface area contributed by atoms with Gasteiger partial charge in [0.25, 0.3) is 15.0 Å². The molecular formula is C13H16ClNO3S. The summed E-state index contributed by atoms with van der Waals surface area (Å²) in [4.78, 5) is 13.9. The standard InChI is InChI=1S/C13H16ClNO3S/c1-9-6-7-10(8-12(9)19(14,17)18)13(16)15(2)11-4-3-5-11/h6-8,11H,3-5H2,1-2H3. The highest BCUT2D eigenvalue weighted by molar-refractivity contribution is 8.13. The molecule has 1 saturated carbocycles. The van der Waals surface area contributed by atoms with Gasteiger partial charge >= 0.3 is 0 Å². The number of hydrogen-bond acceptors (Lipinski definition) is 3. The number of benzene rings is 1. The molecule has 1 aliphatic carbocycles. The van der Waals surface area contributed by atoms with Crippen LogP contribution >= 0.6 is 10.7 Å². The van der Waals surface area contributed by atoms with Crippen molar-refractivity contribution in [2.45, 2.75) is 37.1 Å². The summed E-state index contributed by atoms with van der Waals surface area (Å²) < 4.78 is 22.9. The fourth-order valence-electron chi connectivity index (χ4n) is 2.14. The second-order valence-electron chi connectivity index (χ2n) is 4.92. The molecule has 2 rings (SSSR count). The molecule has 1 amide bonds. The van der Waals surface area contributed by atoms with Crippen LogP contribution in [-0.2, 0) is 9.05 Å². The SMILES string of the molecule is Cc1ccc(C(=O)N(C)C2CCC2)cc1S(=O)(=O)Cl. The van der Waals surface area contributed by atoms with Gasteiger partial charge in [0.05, 0.1) is 4.90 Å². The molecule has 1 aromatic carbocycles. The number of rotatable bonds is 3. The fraction of sp³-hybridized carbons (Fsp3) is 0.462. The second kappa shape index (κ2) is 5.13. The van der Waals surface area contributed by atoms with Gasteiger partial charge in [-0.15, -0.1) is 0 Å². The third-order valence-corrected chi connectivity index (χ3v) is 5.10. The lowest BCUT2D eigenvalue weighted by Crippen LogP contribution is -2.41. The van der Waals surface area contributed by atoms with Crippen LogP contribution in [0.2, 0.25) is 0 Å². The first kappa shape index (κ1) is 14.3. The van der Waals surface area contributed by atoms with Gasteiger partial charge in [0.1, 0.15) is 0 Å². The predicted octanol–water partition coefficient (Wildman–Crippen LogP) is 2.55. The normalized spacial score (nSPS) is 15.9. The van der Waals surface area contributed by atoms with Gasteiger partial charge in [-0.25, -0.2) is 8.42 Å². The third-order valence-electron chi connectivity index (χ3n) is 3.64. The number of carbonyl (C=O) groups is 1. The van der Waals surface area contributed by atoms with Crippen LogP contribution in [0, 0.1) is 6.92 Å². The van der Waals surface area contributed by atoms with E-state index in [-0.39, 0.29) is 16.8 Å². The van der Waals surface area contributed by atoms with E-state index in [0.29, 0.717) is 11.1 Å². The quantitative estimate of drug-likeness (QED) is 0.806. The zero-order chi connectivity index (χ0) is 14.2. The van der Waals surface area contributed by atoms with Crippen molar-refractivity contribution in [1.82, 2.24) is 4.90 Å². The number of amides is 1. The molecule has 0 atom stereocenters. The maximum absolute atomic E-state index is 12.3. The van der Waals surface area contributed by atoms with Crippen molar-refractivity contribution in [2.24, 2.45) is 0 Å². The molecule has 1 aromatic rings. The topological polar surface area (TPSA) is 54.5 Å². The van der Waals surface area contributed by atoms with Crippen molar-refractivity contribution in [2.75, 3.05) is 7.05 Å². The van der Waals surface area contributed by atoms with Gasteiger partial charge in [0.2, 0.25) is 0 Å². The number of carbonyl (C=O) groups excluding carboxylic acids is 1. The van der Waals surface area contributed by atoms with Crippen molar-refractivity contribution < 1.29 is 13.2 Å². The largest absolute Gasteiger partial charge is 0.339 e. The van der Waals surface area contributed by atoms with E-state index in [1.807, 2.05) is 0 Å². The number of nitrogens with zero attached hydrogens (tertiary/aromatic N) is 1. The summed E-state index contributed by atoms with van der Waals surface area (Å²) in [6.45, 7) is 1.65. The van der Waals surface area contributed by atoms with Crippen LogP contribution in [-0.4, -0.2) is 32.3 Å². The first-order valence-electron chi connectivity index (χ1n) is 6.13. The van der Waals surface area contributed by atoms with Gasteiger partial charge in [0.15, 0.2) is 0 Å². The maximum atomic E-state index is 12.3. The molecule has 104 valence electrons. The highest BCUT2D eigenvalue weighted by Gasteiger charge is 2.27. The Bertz CT molecular complexity index is 608. The molecule has 1 fully saturated rings. The van der Waals surface area contributed by atoms with Crippen LogP contribution in [0.25, 0.3) is 0 Å². The molecule has 0 N–H and O–H groups in total. The minimum atomic E-state index is -3.83. The zero-order valence-electron chi connectivity index (χ0n) is 10.9. The molecule has 0 heterocycles. The monoisotopic (exact) mass is 301 g/mol. The summed E-state index contributed by atoms with van der Waals surface area (Å²) in [7, 11) is 3.29. The Kier molecular flexibility index (Phi) is 3.87. The summed E-state index contributed by atoms with van der Waals surface area (Å²) in [5, 5.41) is 0. The third kappa shape index (κ3) is 2.92.